The molecule has 1 aromatic rings. The molecule has 0 amide bonds. The average molecular weight is 204 g/mol. The number of hydrogen-bond donors (Lipinski definition) is 1. The predicted octanol–water partition coefficient (Wildman–Crippen LogP) is -0.201. The molecule has 7 nitrogen and oxygen atoms in total. The number of nitrogens with zero attached hydrogens (tertiary/aromatic N) is 3. The lowest BCUT2D eigenvalue weighted by atomic mass is 10.4. The average Bonchev–Trinajstić information content (AvgIpc) is 2.62. The van der Waals surface area contributed by atoms with Gasteiger partial charge in [-0.15, -0.1) is 0 Å². The number of hydrogen-bond acceptors (Lipinski definition) is 5. The Kier molecular flexibility index (Phi) is 2.31. The fourth-order valence-electron chi connectivity index (χ4n) is 0.992. The van der Waals surface area contributed by atoms with Gasteiger partial charge in [-0.1, -0.05) is 4.98 Å². The van der Waals surface area contributed by atoms with Gasteiger partial charge in [0.15, 0.2) is 0 Å². The minimum Gasteiger partial charge on any atom is -0.390 e. The third kappa shape index (κ3) is 2.51. The molecule has 1 aromatic heterocycles. The molecule has 0 aliphatic heterocycles. The van der Waals surface area contributed by atoms with Crippen molar-refractivity contribution >= 4 is 5.95 Å². The third-order valence-corrected chi connectivity index (χ3v) is 1.54. The SMILES string of the molecule is [2H]C([2H])([2H])OCC(O)Cn1ccnc1[N+](=O)[O-]. The van der Waals surface area contributed by atoms with Crippen molar-refractivity contribution in [3.63, 3.8) is 0 Å². The highest BCUT2D eigenvalue weighted by Gasteiger charge is 2.16. The van der Waals surface area contributed by atoms with Gasteiger partial charge in [0, 0.05) is 7.04 Å². The van der Waals surface area contributed by atoms with Crippen LogP contribution in [0.25, 0.3) is 0 Å². The number of ether oxygens (including phenoxy) is 1. The third-order valence-electron chi connectivity index (χ3n) is 1.54. The molecular formula is C7H11N3O4. The van der Waals surface area contributed by atoms with Crippen LogP contribution in [-0.4, -0.2) is 39.3 Å². The summed E-state index contributed by atoms with van der Waals surface area (Å²) in [5.41, 5.74) is 0. The maximum atomic E-state index is 10.5. The van der Waals surface area contributed by atoms with Crippen molar-refractivity contribution in [1.29, 1.82) is 0 Å². The van der Waals surface area contributed by atoms with Gasteiger partial charge in [0.05, 0.1) is 17.3 Å². The number of methoxy groups -OCH3 is 1. The number of rotatable bonds is 5. The molecule has 1 N–H and O–H groups in total. The number of imidazole rings is 1. The van der Waals surface area contributed by atoms with E-state index in [1.807, 2.05) is 0 Å². The number of nitro groups is 1. The molecule has 0 saturated heterocycles. The molecule has 1 atom stereocenters. The summed E-state index contributed by atoms with van der Waals surface area (Å²) in [4.78, 5) is 13.3. The molecule has 0 radical (unpaired) electrons. The van der Waals surface area contributed by atoms with Gasteiger partial charge in [0.25, 0.3) is 0 Å². The summed E-state index contributed by atoms with van der Waals surface area (Å²) in [6.45, 7) is -0.599. The fraction of sp³-hybridized carbons (Fsp3) is 0.571. The first-order chi connectivity index (χ1) is 7.79. The summed E-state index contributed by atoms with van der Waals surface area (Å²) in [6, 6.07) is 0. The molecule has 0 aliphatic rings. The van der Waals surface area contributed by atoms with E-state index in [1.54, 1.807) is 0 Å². The van der Waals surface area contributed by atoms with Crippen LogP contribution >= 0.6 is 0 Å². The van der Waals surface area contributed by atoms with Crippen molar-refractivity contribution < 1.29 is 18.9 Å². The first kappa shape index (κ1) is 6.91. The normalized spacial score (nSPS) is 16.8. The Hall–Kier alpha value is -1.47. The molecule has 7 heteroatoms. The van der Waals surface area contributed by atoms with Gasteiger partial charge in [-0.25, -0.2) is 4.57 Å². The van der Waals surface area contributed by atoms with Crippen molar-refractivity contribution in [3.8, 4) is 0 Å². The summed E-state index contributed by atoms with van der Waals surface area (Å²) >= 11 is 0. The van der Waals surface area contributed by atoms with Gasteiger partial charge < -0.3 is 20.0 Å². The molecule has 1 rings (SSSR count). The van der Waals surface area contributed by atoms with Crippen molar-refractivity contribution in [1.82, 2.24) is 9.55 Å². The maximum Gasteiger partial charge on any atom is 0.434 e. The second-order valence-corrected chi connectivity index (χ2v) is 2.60. The van der Waals surface area contributed by atoms with E-state index in [2.05, 4.69) is 9.72 Å². The van der Waals surface area contributed by atoms with Gasteiger partial charge >= 0.3 is 5.95 Å². The Balaban J connectivity index is 2.53. The molecule has 0 saturated carbocycles. The Labute approximate surface area is 84.3 Å². The molecule has 0 bridgehead atoms. The van der Waals surface area contributed by atoms with Crippen molar-refractivity contribution in [2.75, 3.05) is 13.6 Å². The molecule has 14 heavy (non-hydrogen) atoms. The summed E-state index contributed by atoms with van der Waals surface area (Å²) in [5.74, 6) is -0.419. The van der Waals surface area contributed by atoms with Crippen LogP contribution in [-0.2, 0) is 11.3 Å². The van der Waals surface area contributed by atoms with Gasteiger partial charge in [0.1, 0.15) is 18.5 Å². The highest BCUT2D eigenvalue weighted by Crippen LogP contribution is 2.08. The summed E-state index contributed by atoms with van der Waals surface area (Å²) in [5, 5.41) is 19.9. The molecule has 0 fully saturated rings. The summed E-state index contributed by atoms with van der Waals surface area (Å²) < 4.78 is 25.8. The number of aromatic nitrogens is 2. The lowest BCUT2D eigenvalue weighted by Gasteiger charge is -2.07. The molecule has 0 aliphatic carbocycles. The molecule has 78 valence electrons. The van der Waals surface area contributed by atoms with Crippen molar-refractivity contribution in [2.24, 2.45) is 0 Å². The highest BCUT2D eigenvalue weighted by atomic mass is 16.6. The van der Waals surface area contributed by atoms with E-state index >= 15 is 0 Å². The van der Waals surface area contributed by atoms with Crippen molar-refractivity contribution in [2.45, 2.75) is 12.6 Å². The molecule has 1 heterocycles. The Bertz CT molecular complexity index is 392. The molecule has 0 aromatic carbocycles. The van der Waals surface area contributed by atoms with Crippen LogP contribution in [0.3, 0.4) is 0 Å². The zero-order valence-electron chi connectivity index (χ0n) is 10.2. The van der Waals surface area contributed by atoms with Crippen molar-refractivity contribution in [3.05, 3.63) is 22.5 Å². The Morgan fingerprint density at radius 2 is 2.79 bits per heavy atom. The van der Waals surface area contributed by atoms with E-state index in [9.17, 15) is 15.2 Å². The largest absolute Gasteiger partial charge is 0.434 e. The van der Waals surface area contributed by atoms with E-state index < -0.39 is 30.6 Å². The standard InChI is InChI=1S/C7H11N3O4/c1-14-5-6(11)4-9-3-2-8-7(9)10(12)13/h2-3,6,11H,4-5H2,1H3/i1D3. The van der Waals surface area contributed by atoms with Crippen LogP contribution in [0, 0.1) is 10.1 Å². The number of aliphatic hydroxyl groups is 1. The van der Waals surface area contributed by atoms with Gasteiger partial charge in [-0.3, -0.25) is 0 Å². The lowest BCUT2D eigenvalue weighted by molar-refractivity contribution is -0.397. The predicted molar refractivity (Wildman–Crippen MR) is 46.8 cm³/mol. The first-order valence-corrected chi connectivity index (χ1v) is 3.77. The minimum absolute atomic E-state index is 0.160. The fourth-order valence-corrected chi connectivity index (χ4v) is 0.992. The Morgan fingerprint density at radius 1 is 2.00 bits per heavy atom. The highest BCUT2D eigenvalue weighted by molar-refractivity contribution is 5.06. The second-order valence-electron chi connectivity index (χ2n) is 2.60. The van der Waals surface area contributed by atoms with E-state index in [0.29, 0.717) is 0 Å². The second kappa shape index (κ2) is 4.68. The van der Waals surface area contributed by atoms with Crippen LogP contribution in [0.2, 0.25) is 0 Å². The van der Waals surface area contributed by atoms with E-state index in [1.165, 1.54) is 12.4 Å². The Morgan fingerprint density at radius 3 is 3.43 bits per heavy atom. The van der Waals surface area contributed by atoms with E-state index in [0.717, 1.165) is 4.57 Å². The molecule has 0 spiro atoms. The van der Waals surface area contributed by atoms with E-state index in [-0.39, 0.29) is 6.54 Å². The molecular weight excluding hydrogens is 190 g/mol. The zero-order chi connectivity index (χ0) is 13.1. The topological polar surface area (TPSA) is 90.4 Å². The summed E-state index contributed by atoms with van der Waals surface area (Å²) in [6.07, 6.45) is 1.37. The van der Waals surface area contributed by atoms with Gasteiger partial charge in [0.2, 0.25) is 0 Å². The maximum absolute atomic E-state index is 10.5. The number of aliphatic hydroxyl groups excluding tert-OH is 1. The van der Waals surface area contributed by atoms with Crippen LogP contribution < -0.4 is 0 Å². The van der Waals surface area contributed by atoms with Crippen LogP contribution in [0.15, 0.2) is 12.4 Å². The quantitative estimate of drug-likeness (QED) is 0.529. The van der Waals surface area contributed by atoms with E-state index in [4.69, 9.17) is 4.11 Å². The smallest absolute Gasteiger partial charge is 0.390 e. The van der Waals surface area contributed by atoms with Crippen LogP contribution in [0.1, 0.15) is 4.11 Å². The zero-order valence-corrected chi connectivity index (χ0v) is 7.16. The lowest BCUT2D eigenvalue weighted by Crippen LogP contribution is -2.21. The first-order valence-electron chi connectivity index (χ1n) is 5.27. The monoisotopic (exact) mass is 204 g/mol. The van der Waals surface area contributed by atoms with Gasteiger partial charge in [-0.2, -0.15) is 0 Å². The van der Waals surface area contributed by atoms with Crippen LogP contribution in [0.4, 0.5) is 5.95 Å². The van der Waals surface area contributed by atoms with Crippen LogP contribution in [0.5, 0.6) is 0 Å². The molecule has 1 unspecified atom stereocenters. The van der Waals surface area contributed by atoms with Gasteiger partial charge in [-0.05, 0) is 4.92 Å². The minimum atomic E-state index is -2.60. The summed E-state index contributed by atoms with van der Waals surface area (Å²) in [7, 11) is -2.60.